The number of anilines is 1. The van der Waals surface area contributed by atoms with Gasteiger partial charge in [0.2, 0.25) is 5.95 Å². The lowest BCUT2D eigenvalue weighted by Gasteiger charge is -2.28. The highest BCUT2D eigenvalue weighted by Gasteiger charge is 2.30. The van der Waals surface area contributed by atoms with Gasteiger partial charge in [0.1, 0.15) is 0 Å². The number of fused-ring (bicyclic) bond motifs is 1. The van der Waals surface area contributed by atoms with Crippen LogP contribution in [0.2, 0.25) is 0 Å². The molecular formula is C19H18F3N3O. The fourth-order valence-electron chi connectivity index (χ4n) is 3.21. The highest BCUT2D eigenvalue weighted by Crippen LogP contribution is 2.30. The van der Waals surface area contributed by atoms with Crippen LogP contribution in [0.4, 0.5) is 19.1 Å². The molecular weight excluding hydrogens is 343 g/mol. The summed E-state index contributed by atoms with van der Waals surface area (Å²) in [6, 6.07) is 13.1. The number of ether oxygens (including phenoxy) is 1. The molecule has 0 saturated carbocycles. The summed E-state index contributed by atoms with van der Waals surface area (Å²) in [5.41, 5.74) is 2.01. The normalized spacial score (nSPS) is 15.6. The molecule has 1 aliphatic rings. The van der Waals surface area contributed by atoms with E-state index in [1.807, 2.05) is 24.3 Å². The Balaban J connectivity index is 1.70. The van der Waals surface area contributed by atoms with E-state index in [0.717, 1.165) is 47.8 Å². The van der Waals surface area contributed by atoms with Crippen molar-refractivity contribution in [3.8, 4) is 0 Å². The van der Waals surface area contributed by atoms with Gasteiger partial charge < -0.3 is 14.2 Å². The molecule has 0 aliphatic carbocycles. The number of hydrogen-bond donors (Lipinski definition) is 0. The van der Waals surface area contributed by atoms with E-state index in [-0.39, 0.29) is 0 Å². The first-order valence-corrected chi connectivity index (χ1v) is 8.46. The second kappa shape index (κ2) is 6.64. The van der Waals surface area contributed by atoms with Gasteiger partial charge in [-0.25, -0.2) is 4.98 Å². The van der Waals surface area contributed by atoms with E-state index in [1.165, 1.54) is 12.1 Å². The van der Waals surface area contributed by atoms with Gasteiger partial charge in [-0.2, -0.15) is 13.2 Å². The third-order valence-corrected chi connectivity index (χ3v) is 4.55. The number of rotatable bonds is 3. The Morgan fingerprint density at radius 2 is 1.65 bits per heavy atom. The van der Waals surface area contributed by atoms with Gasteiger partial charge in [-0.15, -0.1) is 0 Å². The van der Waals surface area contributed by atoms with Gasteiger partial charge in [-0.3, -0.25) is 0 Å². The van der Waals surface area contributed by atoms with Crippen LogP contribution in [0.5, 0.6) is 0 Å². The lowest BCUT2D eigenvalue weighted by molar-refractivity contribution is -0.137. The van der Waals surface area contributed by atoms with E-state index in [9.17, 15) is 13.2 Å². The Morgan fingerprint density at radius 1 is 0.962 bits per heavy atom. The van der Waals surface area contributed by atoms with Crippen LogP contribution in [0.15, 0.2) is 48.5 Å². The number of nitrogens with zero attached hydrogens (tertiary/aromatic N) is 3. The van der Waals surface area contributed by atoms with E-state index in [1.54, 1.807) is 0 Å². The van der Waals surface area contributed by atoms with E-state index in [4.69, 9.17) is 9.72 Å². The molecule has 7 heteroatoms. The van der Waals surface area contributed by atoms with Crippen LogP contribution in [0.25, 0.3) is 11.0 Å². The summed E-state index contributed by atoms with van der Waals surface area (Å²) in [4.78, 5) is 6.90. The first-order valence-electron chi connectivity index (χ1n) is 8.46. The minimum absolute atomic E-state index is 0.464. The van der Waals surface area contributed by atoms with Crippen molar-refractivity contribution in [2.75, 3.05) is 31.2 Å². The number of halogens is 3. The second-order valence-electron chi connectivity index (χ2n) is 6.28. The topological polar surface area (TPSA) is 30.3 Å². The zero-order valence-corrected chi connectivity index (χ0v) is 14.0. The third kappa shape index (κ3) is 3.26. The molecule has 0 spiro atoms. The maximum absolute atomic E-state index is 12.8. The molecule has 136 valence electrons. The van der Waals surface area contributed by atoms with E-state index >= 15 is 0 Å². The van der Waals surface area contributed by atoms with Gasteiger partial charge in [-0.1, -0.05) is 24.3 Å². The first-order chi connectivity index (χ1) is 12.5. The molecule has 1 saturated heterocycles. The van der Waals surface area contributed by atoms with Crippen LogP contribution in [0.3, 0.4) is 0 Å². The Hall–Kier alpha value is -2.54. The number of hydrogen-bond acceptors (Lipinski definition) is 3. The summed E-state index contributed by atoms with van der Waals surface area (Å²) in [6.45, 7) is 3.24. The fraction of sp³-hybridized carbons (Fsp3) is 0.316. The summed E-state index contributed by atoms with van der Waals surface area (Å²) < 4.78 is 45.8. The van der Waals surface area contributed by atoms with Crippen LogP contribution in [-0.2, 0) is 17.5 Å². The maximum atomic E-state index is 12.8. The SMILES string of the molecule is FC(F)(F)c1ccc(Cn2c(N3CCOCC3)nc3ccccc32)cc1. The van der Waals surface area contributed by atoms with Crippen molar-refractivity contribution in [1.82, 2.24) is 9.55 Å². The average Bonchev–Trinajstić information content (AvgIpc) is 3.01. The van der Waals surface area contributed by atoms with Crippen molar-refractivity contribution in [3.63, 3.8) is 0 Å². The Morgan fingerprint density at radius 3 is 2.35 bits per heavy atom. The van der Waals surface area contributed by atoms with E-state index < -0.39 is 11.7 Å². The standard InChI is InChI=1S/C19H18F3N3O/c20-19(21,22)15-7-5-14(6-8-15)13-25-17-4-2-1-3-16(17)23-18(25)24-9-11-26-12-10-24/h1-8H,9-13H2. The predicted molar refractivity (Wildman–Crippen MR) is 93.3 cm³/mol. The summed E-state index contributed by atoms with van der Waals surface area (Å²) in [7, 11) is 0. The molecule has 0 radical (unpaired) electrons. The Kier molecular flexibility index (Phi) is 4.32. The van der Waals surface area contributed by atoms with Crippen LogP contribution in [0, 0.1) is 0 Å². The molecule has 0 unspecified atom stereocenters. The quantitative estimate of drug-likeness (QED) is 0.708. The number of benzene rings is 2. The predicted octanol–water partition coefficient (Wildman–Crippen LogP) is 3.94. The Bertz CT molecular complexity index is 897. The fourth-order valence-corrected chi connectivity index (χ4v) is 3.21. The average molecular weight is 361 g/mol. The van der Waals surface area contributed by atoms with Gasteiger partial charge in [0, 0.05) is 13.1 Å². The van der Waals surface area contributed by atoms with Crippen LogP contribution in [0.1, 0.15) is 11.1 Å². The van der Waals surface area contributed by atoms with Gasteiger partial charge in [0.25, 0.3) is 0 Å². The van der Waals surface area contributed by atoms with Gasteiger partial charge in [0.05, 0.1) is 36.4 Å². The molecule has 0 bridgehead atoms. The molecule has 0 N–H and O–H groups in total. The van der Waals surface area contributed by atoms with Gasteiger partial charge in [0.15, 0.2) is 0 Å². The smallest absolute Gasteiger partial charge is 0.378 e. The molecule has 26 heavy (non-hydrogen) atoms. The molecule has 0 atom stereocenters. The largest absolute Gasteiger partial charge is 0.416 e. The lowest BCUT2D eigenvalue weighted by Crippen LogP contribution is -2.38. The summed E-state index contributed by atoms with van der Waals surface area (Å²) >= 11 is 0. The van der Waals surface area contributed by atoms with Crippen molar-refractivity contribution < 1.29 is 17.9 Å². The molecule has 0 amide bonds. The van der Waals surface area contributed by atoms with E-state index in [2.05, 4.69) is 9.47 Å². The molecule has 1 fully saturated rings. The molecule has 1 aromatic heterocycles. The minimum atomic E-state index is -4.32. The molecule has 3 aromatic rings. The molecule has 4 nitrogen and oxygen atoms in total. The number of imidazole rings is 1. The second-order valence-corrected chi connectivity index (χ2v) is 6.28. The zero-order valence-electron chi connectivity index (χ0n) is 14.0. The maximum Gasteiger partial charge on any atom is 0.416 e. The van der Waals surface area contributed by atoms with Crippen molar-refractivity contribution in [2.45, 2.75) is 12.7 Å². The van der Waals surface area contributed by atoms with Crippen LogP contribution >= 0.6 is 0 Å². The summed E-state index contributed by atoms with van der Waals surface area (Å²) in [5.74, 6) is 0.828. The minimum Gasteiger partial charge on any atom is -0.378 e. The number of alkyl halides is 3. The number of aromatic nitrogens is 2. The third-order valence-electron chi connectivity index (χ3n) is 4.55. The molecule has 1 aliphatic heterocycles. The van der Waals surface area contributed by atoms with Gasteiger partial charge >= 0.3 is 6.18 Å². The van der Waals surface area contributed by atoms with Crippen molar-refractivity contribution in [2.24, 2.45) is 0 Å². The molecule has 4 rings (SSSR count). The highest BCUT2D eigenvalue weighted by molar-refractivity contribution is 5.79. The highest BCUT2D eigenvalue weighted by atomic mass is 19.4. The van der Waals surface area contributed by atoms with Crippen LogP contribution in [-0.4, -0.2) is 35.9 Å². The first kappa shape index (κ1) is 16.9. The molecule has 2 aromatic carbocycles. The van der Waals surface area contributed by atoms with Crippen molar-refractivity contribution in [3.05, 3.63) is 59.7 Å². The van der Waals surface area contributed by atoms with Crippen molar-refractivity contribution >= 4 is 17.0 Å². The van der Waals surface area contributed by atoms with E-state index in [0.29, 0.717) is 19.8 Å². The zero-order chi connectivity index (χ0) is 18.1. The lowest BCUT2D eigenvalue weighted by atomic mass is 10.1. The molecule has 2 heterocycles. The van der Waals surface area contributed by atoms with Gasteiger partial charge in [-0.05, 0) is 29.8 Å². The van der Waals surface area contributed by atoms with Crippen molar-refractivity contribution in [1.29, 1.82) is 0 Å². The number of para-hydroxylation sites is 2. The Labute approximate surface area is 148 Å². The summed E-state index contributed by atoms with van der Waals surface area (Å²) in [6.07, 6.45) is -4.32. The van der Waals surface area contributed by atoms with Crippen LogP contribution < -0.4 is 4.90 Å². The summed E-state index contributed by atoms with van der Waals surface area (Å²) in [5, 5.41) is 0. The monoisotopic (exact) mass is 361 g/mol. The number of morpholine rings is 1.